The Morgan fingerprint density at radius 3 is 2.08 bits per heavy atom. The molecule has 0 spiro atoms. The van der Waals surface area contributed by atoms with Gasteiger partial charge in [0.15, 0.2) is 11.1 Å². The van der Waals surface area contributed by atoms with Crippen LogP contribution in [0.3, 0.4) is 0 Å². The van der Waals surface area contributed by atoms with Crippen LogP contribution in [0.15, 0.2) is 17.0 Å². The highest BCUT2D eigenvalue weighted by Gasteiger charge is 2.07. The lowest BCUT2D eigenvalue weighted by atomic mass is 10.3. The zero-order valence-corrected chi connectivity index (χ0v) is 8.08. The highest BCUT2D eigenvalue weighted by atomic mass is 35.5. The topological polar surface area (TPSA) is 63.3 Å². The SMILES string of the molecule is Nc1c(Cl)cc(S(=O)O)cc1Cl. The summed E-state index contributed by atoms with van der Waals surface area (Å²) in [6.45, 7) is 0. The second-order valence-electron chi connectivity index (χ2n) is 2.05. The Labute approximate surface area is 81.8 Å². The van der Waals surface area contributed by atoms with E-state index in [4.69, 9.17) is 33.5 Å². The van der Waals surface area contributed by atoms with Crippen molar-refractivity contribution in [3.63, 3.8) is 0 Å². The summed E-state index contributed by atoms with van der Waals surface area (Å²) in [5.74, 6) is 0. The molecule has 0 radical (unpaired) electrons. The summed E-state index contributed by atoms with van der Waals surface area (Å²) in [4.78, 5) is 0.138. The summed E-state index contributed by atoms with van der Waals surface area (Å²) < 4.78 is 19.2. The lowest BCUT2D eigenvalue weighted by molar-refractivity contribution is 0.564. The van der Waals surface area contributed by atoms with Crippen LogP contribution in [0.1, 0.15) is 0 Å². The fourth-order valence-corrected chi connectivity index (χ4v) is 1.72. The van der Waals surface area contributed by atoms with E-state index in [-0.39, 0.29) is 20.6 Å². The maximum absolute atomic E-state index is 10.6. The molecular weight excluding hydrogens is 221 g/mol. The molecule has 3 N–H and O–H groups in total. The van der Waals surface area contributed by atoms with Crippen LogP contribution in [-0.2, 0) is 11.1 Å². The summed E-state index contributed by atoms with van der Waals surface area (Å²) >= 11 is 9.13. The number of anilines is 1. The molecule has 1 aromatic rings. The minimum Gasteiger partial charge on any atom is -0.396 e. The van der Waals surface area contributed by atoms with E-state index in [9.17, 15) is 4.21 Å². The average molecular weight is 226 g/mol. The Kier molecular flexibility index (Phi) is 2.95. The second kappa shape index (κ2) is 3.62. The van der Waals surface area contributed by atoms with Gasteiger partial charge in [-0.25, -0.2) is 4.21 Å². The molecule has 12 heavy (non-hydrogen) atoms. The molecule has 3 nitrogen and oxygen atoms in total. The predicted molar refractivity (Wildman–Crippen MR) is 49.9 cm³/mol. The third kappa shape index (κ3) is 1.90. The van der Waals surface area contributed by atoms with Crippen molar-refractivity contribution in [1.29, 1.82) is 0 Å². The van der Waals surface area contributed by atoms with Gasteiger partial charge in [-0.3, -0.25) is 0 Å². The van der Waals surface area contributed by atoms with Crippen LogP contribution in [0, 0.1) is 0 Å². The lowest BCUT2D eigenvalue weighted by Gasteiger charge is -2.02. The van der Waals surface area contributed by atoms with Gasteiger partial charge < -0.3 is 10.3 Å². The Morgan fingerprint density at radius 2 is 1.75 bits per heavy atom. The van der Waals surface area contributed by atoms with E-state index in [1.165, 1.54) is 12.1 Å². The smallest absolute Gasteiger partial charge is 0.186 e. The summed E-state index contributed by atoms with van der Waals surface area (Å²) in [6, 6.07) is 2.61. The second-order valence-corrected chi connectivity index (χ2v) is 3.83. The quantitative estimate of drug-likeness (QED) is 0.569. The fraction of sp³-hybridized carbons (Fsp3) is 0. The van der Waals surface area contributed by atoms with E-state index >= 15 is 0 Å². The highest BCUT2D eigenvalue weighted by molar-refractivity contribution is 7.79. The molecule has 0 aliphatic carbocycles. The van der Waals surface area contributed by atoms with Crippen molar-refractivity contribution in [1.82, 2.24) is 0 Å². The van der Waals surface area contributed by atoms with Crippen molar-refractivity contribution in [3.05, 3.63) is 22.2 Å². The zero-order chi connectivity index (χ0) is 9.30. The Morgan fingerprint density at radius 1 is 1.33 bits per heavy atom. The molecular formula is C6H5Cl2NO2S. The molecule has 0 saturated heterocycles. The standard InChI is InChI=1S/C6H5Cl2NO2S/c7-4-1-3(12(10)11)2-5(8)6(4)9/h1-2H,9H2,(H,10,11). The summed E-state index contributed by atoms with van der Waals surface area (Å²) in [6.07, 6.45) is 0. The maximum atomic E-state index is 10.6. The first-order valence-corrected chi connectivity index (χ1v) is 4.74. The first-order chi connectivity index (χ1) is 5.52. The third-order valence-corrected chi connectivity index (χ3v) is 2.52. The lowest BCUT2D eigenvalue weighted by Crippen LogP contribution is -1.93. The molecule has 66 valence electrons. The Hall–Kier alpha value is -0.290. The van der Waals surface area contributed by atoms with Gasteiger partial charge in [0.05, 0.1) is 20.6 Å². The summed E-state index contributed by atoms with van der Waals surface area (Å²) in [5.41, 5.74) is 5.62. The number of benzene rings is 1. The number of nitrogen functional groups attached to an aromatic ring is 1. The van der Waals surface area contributed by atoms with Crippen molar-refractivity contribution in [2.45, 2.75) is 4.90 Å². The molecule has 6 heteroatoms. The van der Waals surface area contributed by atoms with Gasteiger partial charge >= 0.3 is 0 Å². The first kappa shape index (κ1) is 9.80. The third-order valence-electron chi connectivity index (χ3n) is 1.25. The van der Waals surface area contributed by atoms with E-state index in [0.29, 0.717) is 0 Å². The number of hydrogen-bond donors (Lipinski definition) is 2. The van der Waals surface area contributed by atoms with E-state index in [1.54, 1.807) is 0 Å². The molecule has 0 amide bonds. The normalized spacial score (nSPS) is 12.9. The van der Waals surface area contributed by atoms with Gasteiger partial charge in [-0.2, -0.15) is 0 Å². The molecule has 1 aromatic carbocycles. The van der Waals surface area contributed by atoms with Crippen molar-refractivity contribution >= 4 is 40.0 Å². The van der Waals surface area contributed by atoms with E-state index < -0.39 is 11.1 Å². The van der Waals surface area contributed by atoms with Gasteiger partial charge in [-0.15, -0.1) is 0 Å². The highest BCUT2D eigenvalue weighted by Crippen LogP contribution is 2.29. The molecule has 0 saturated carbocycles. The van der Waals surface area contributed by atoms with Gasteiger partial charge in [-0.05, 0) is 12.1 Å². The minimum absolute atomic E-state index is 0.138. The summed E-state index contributed by atoms with van der Waals surface area (Å²) in [7, 11) is 0. The maximum Gasteiger partial charge on any atom is 0.186 e. The van der Waals surface area contributed by atoms with Gasteiger partial charge in [-0.1, -0.05) is 23.2 Å². The first-order valence-electron chi connectivity index (χ1n) is 2.87. The van der Waals surface area contributed by atoms with Crippen LogP contribution >= 0.6 is 23.2 Å². The van der Waals surface area contributed by atoms with E-state index in [1.807, 2.05) is 0 Å². The van der Waals surface area contributed by atoms with Gasteiger partial charge in [0.2, 0.25) is 0 Å². The summed E-state index contributed by atoms with van der Waals surface area (Å²) in [5, 5.41) is 0.361. The monoisotopic (exact) mass is 225 g/mol. The Bertz CT molecular complexity index is 319. The molecule has 0 aromatic heterocycles. The van der Waals surface area contributed by atoms with Gasteiger partial charge in [0.1, 0.15) is 0 Å². The molecule has 0 aliphatic heterocycles. The van der Waals surface area contributed by atoms with Crippen molar-refractivity contribution < 1.29 is 8.76 Å². The number of rotatable bonds is 1. The van der Waals surface area contributed by atoms with Crippen LogP contribution in [0.4, 0.5) is 5.69 Å². The number of hydrogen-bond acceptors (Lipinski definition) is 2. The largest absolute Gasteiger partial charge is 0.396 e. The van der Waals surface area contributed by atoms with Gasteiger partial charge in [0, 0.05) is 0 Å². The minimum atomic E-state index is -2.08. The predicted octanol–water partition coefficient (Wildman–Crippen LogP) is 2.16. The molecule has 1 atom stereocenters. The molecule has 0 aliphatic rings. The van der Waals surface area contributed by atoms with Crippen LogP contribution in [0.2, 0.25) is 10.0 Å². The van der Waals surface area contributed by atoms with Crippen LogP contribution in [0.5, 0.6) is 0 Å². The van der Waals surface area contributed by atoms with E-state index in [0.717, 1.165) is 0 Å². The van der Waals surface area contributed by atoms with E-state index in [2.05, 4.69) is 0 Å². The average Bonchev–Trinajstić information content (AvgIpc) is 1.99. The van der Waals surface area contributed by atoms with Crippen LogP contribution < -0.4 is 5.73 Å². The van der Waals surface area contributed by atoms with Crippen molar-refractivity contribution in [3.8, 4) is 0 Å². The number of nitrogens with two attached hydrogens (primary N) is 1. The van der Waals surface area contributed by atoms with Crippen LogP contribution in [-0.4, -0.2) is 8.76 Å². The molecule has 1 rings (SSSR count). The van der Waals surface area contributed by atoms with Crippen LogP contribution in [0.25, 0.3) is 0 Å². The molecule has 0 bridgehead atoms. The molecule has 0 fully saturated rings. The number of halogens is 2. The van der Waals surface area contributed by atoms with Gasteiger partial charge in [0.25, 0.3) is 0 Å². The molecule has 0 heterocycles. The Balaban J connectivity index is 3.31. The molecule has 1 unspecified atom stereocenters. The zero-order valence-electron chi connectivity index (χ0n) is 5.75. The van der Waals surface area contributed by atoms with Crippen molar-refractivity contribution in [2.24, 2.45) is 0 Å². The fourth-order valence-electron chi connectivity index (χ4n) is 0.662. The van der Waals surface area contributed by atoms with Crippen molar-refractivity contribution in [2.75, 3.05) is 5.73 Å².